The number of rotatable bonds is 4. The van der Waals surface area contributed by atoms with Crippen LogP contribution in [0.1, 0.15) is 13.8 Å². The maximum atomic E-state index is 12.5. The van der Waals surface area contributed by atoms with Gasteiger partial charge in [-0.05, 0) is 25.5 Å². The molecule has 0 saturated carbocycles. The van der Waals surface area contributed by atoms with Crippen molar-refractivity contribution in [2.45, 2.75) is 26.1 Å². The first-order valence-corrected chi connectivity index (χ1v) is 8.44. The Morgan fingerprint density at radius 3 is 2.38 bits per heavy atom. The van der Waals surface area contributed by atoms with Crippen LogP contribution in [0.2, 0.25) is 0 Å². The summed E-state index contributed by atoms with van der Waals surface area (Å²) in [6, 6.07) is 18.0. The Morgan fingerprint density at radius 2 is 1.67 bits per heavy atom. The third kappa shape index (κ3) is 4.22. The summed E-state index contributed by atoms with van der Waals surface area (Å²) < 4.78 is 5.72. The van der Waals surface area contributed by atoms with Crippen molar-refractivity contribution in [3.8, 4) is 11.1 Å². The van der Waals surface area contributed by atoms with Crippen LogP contribution in [0.15, 0.2) is 54.6 Å². The van der Waals surface area contributed by atoms with E-state index in [1.807, 2.05) is 56.3 Å². The first-order chi connectivity index (χ1) is 11.6. The maximum absolute atomic E-state index is 12.5. The molecule has 4 nitrogen and oxygen atoms in total. The molecule has 126 valence electrons. The Morgan fingerprint density at radius 1 is 1.04 bits per heavy atom. The zero-order chi connectivity index (χ0) is 16.9. The van der Waals surface area contributed by atoms with Crippen molar-refractivity contribution in [1.29, 1.82) is 0 Å². The number of nitrogens with one attached hydrogen (secondary N) is 1. The molecule has 3 rings (SSSR count). The fourth-order valence-electron chi connectivity index (χ4n) is 3.27. The monoisotopic (exact) mass is 324 g/mol. The van der Waals surface area contributed by atoms with Crippen molar-refractivity contribution in [3.63, 3.8) is 0 Å². The lowest BCUT2D eigenvalue weighted by atomic mass is 10.0. The molecule has 0 radical (unpaired) electrons. The Bertz CT molecular complexity index is 677. The SMILES string of the molecule is C[C@@H]1CN(CC(=O)Nc2ccccc2-c2ccccc2)C[C@@H](C)O1. The summed E-state index contributed by atoms with van der Waals surface area (Å²) in [4.78, 5) is 14.6. The lowest BCUT2D eigenvalue weighted by Gasteiger charge is -2.34. The minimum atomic E-state index is 0.0136. The van der Waals surface area contributed by atoms with Crippen LogP contribution in [-0.4, -0.2) is 42.6 Å². The van der Waals surface area contributed by atoms with Gasteiger partial charge in [0, 0.05) is 24.3 Å². The predicted molar refractivity (Wildman–Crippen MR) is 97.0 cm³/mol. The summed E-state index contributed by atoms with van der Waals surface area (Å²) in [5.74, 6) is 0.0136. The fraction of sp³-hybridized carbons (Fsp3) is 0.350. The molecule has 0 spiro atoms. The van der Waals surface area contributed by atoms with E-state index >= 15 is 0 Å². The molecular formula is C20H24N2O2. The summed E-state index contributed by atoms with van der Waals surface area (Å²) in [5.41, 5.74) is 2.99. The zero-order valence-corrected chi connectivity index (χ0v) is 14.2. The normalized spacial score (nSPS) is 21.4. The van der Waals surface area contributed by atoms with Crippen molar-refractivity contribution in [2.75, 3.05) is 25.0 Å². The molecule has 1 aliphatic heterocycles. The third-order valence-corrected chi connectivity index (χ3v) is 4.15. The van der Waals surface area contributed by atoms with Gasteiger partial charge < -0.3 is 10.1 Å². The second-order valence-corrected chi connectivity index (χ2v) is 6.41. The largest absolute Gasteiger partial charge is 0.373 e. The molecular weight excluding hydrogens is 300 g/mol. The summed E-state index contributed by atoms with van der Waals surface area (Å²) >= 11 is 0. The lowest BCUT2D eigenvalue weighted by Crippen LogP contribution is -2.48. The zero-order valence-electron chi connectivity index (χ0n) is 14.2. The number of para-hydroxylation sites is 1. The van der Waals surface area contributed by atoms with Gasteiger partial charge in [-0.3, -0.25) is 9.69 Å². The van der Waals surface area contributed by atoms with Crippen LogP contribution in [0.3, 0.4) is 0 Å². The second kappa shape index (κ2) is 7.60. The number of hydrogen-bond donors (Lipinski definition) is 1. The van der Waals surface area contributed by atoms with Gasteiger partial charge in [0.2, 0.25) is 5.91 Å². The number of amides is 1. The number of anilines is 1. The highest BCUT2D eigenvalue weighted by Gasteiger charge is 2.23. The van der Waals surface area contributed by atoms with E-state index in [4.69, 9.17) is 4.74 Å². The van der Waals surface area contributed by atoms with Crippen molar-refractivity contribution >= 4 is 11.6 Å². The number of morpholine rings is 1. The van der Waals surface area contributed by atoms with Gasteiger partial charge >= 0.3 is 0 Å². The summed E-state index contributed by atoms with van der Waals surface area (Å²) in [6.45, 7) is 6.06. The quantitative estimate of drug-likeness (QED) is 0.937. The van der Waals surface area contributed by atoms with Gasteiger partial charge in [0.25, 0.3) is 0 Å². The maximum Gasteiger partial charge on any atom is 0.238 e. The number of ether oxygens (including phenoxy) is 1. The minimum Gasteiger partial charge on any atom is -0.373 e. The standard InChI is InChI=1S/C20H24N2O2/c1-15-12-22(13-16(2)24-15)14-20(23)21-19-11-7-6-10-18(19)17-8-4-3-5-9-17/h3-11,15-16H,12-14H2,1-2H3,(H,21,23)/t15-,16-/m1/s1. The molecule has 2 aromatic carbocycles. The number of carbonyl (C=O) groups excluding carboxylic acids is 1. The minimum absolute atomic E-state index is 0.0136. The van der Waals surface area contributed by atoms with Crippen LogP contribution in [0, 0.1) is 0 Å². The summed E-state index contributed by atoms with van der Waals surface area (Å²) in [5, 5.41) is 3.06. The van der Waals surface area contributed by atoms with Gasteiger partial charge in [0.15, 0.2) is 0 Å². The molecule has 0 aliphatic carbocycles. The highest BCUT2D eigenvalue weighted by molar-refractivity contribution is 5.96. The fourth-order valence-corrected chi connectivity index (χ4v) is 3.27. The van der Waals surface area contributed by atoms with Gasteiger partial charge in [-0.2, -0.15) is 0 Å². The van der Waals surface area contributed by atoms with E-state index in [1.54, 1.807) is 0 Å². The van der Waals surface area contributed by atoms with Crippen LogP contribution in [0.4, 0.5) is 5.69 Å². The summed E-state index contributed by atoms with van der Waals surface area (Å²) in [7, 11) is 0. The topological polar surface area (TPSA) is 41.6 Å². The van der Waals surface area contributed by atoms with E-state index in [2.05, 4.69) is 22.3 Å². The Balaban J connectivity index is 1.69. The molecule has 0 aromatic heterocycles. The number of benzene rings is 2. The van der Waals surface area contributed by atoms with Gasteiger partial charge in [-0.1, -0.05) is 48.5 Å². The Labute approximate surface area is 143 Å². The molecule has 1 heterocycles. The third-order valence-electron chi connectivity index (χ3n) is 4.15. The van der Waals surface area contributed by atoms with Gasteiger partial charge in [-0.15, -0.1) is 0 Å². The van der Waals surface area contributed by atoms with E-state index in [0.29, 0.717) is 6.54 Å². The number of nitrogens with zero attached hydrogens (tertiary/aromatic N) is 1. The first kappa shape index (κ1) is 16.7. The molecule has 1 aliphatic rings. The van der Waals surface area contributed by atoms with Crippen LogP contribution in [0.25, 0.3) is 11.1 Å². The molecule has 24 heavy (non-hydrogen) atoms. The van der Waals surface area contributed by atoms with Crippen molar-refractivity contribution in [3.05, 3.63) is 54.6 Å². The average Bonchev–Trinajstić information content (AvgIpc) is 2.55. The van der Waals surface area contributed by atoms with E-state index < -0.39 is 0 Å². The molecule has 0 bridgehead atoms. The van der Waals surface area contributed by atoms with E-state index in [9.17, 15) is 4.79 Å². The molecule has 2 atom stereocenters. The molecule has 4 heteroatoms. The highest BCUT2D eigenvalue weighted by Crippen LogP contribution is 2.27. The Kier molecular flexibility index (Phi) is 5.28. The van der Waals surface area contributed by atoms with Crippen LogP contribution in [0.5, 0.6) is 0 Å². The van der Waals surface area contributed by atoms with Crippen molar-refractivity contribution in [2.24, 2.45) is 0 Å². The van der Waals surface area contributed by atoms with Crippen molar-refractivity contribution < 1.29 is 9.53 Å². The molecule has 1 N–H and O–H groups in total. The van der Waals surface area contributed by atoms with E-state index in [-0.39, 0.29) is 18.1 Å². The first-order valence-electron chi connectivity index (χ1n) is 8.44. The van der Waals surface area contributed by atoms with E-state index in [1.165, 1.54) is 0 Å². The summed E-state index contributed by atoms with van der Waals surface area (Å²) in [6.07, 6.45) is 0.330. The van der Waals surface area contributed by atoms with Crippen LogP contribution >= 0.6 is 0 Å². The van der Waals surface area contributed by atoms with E-state index in [0.717, 1.165) is 29.9 Å². The van der Waals surface area contributed by atoms with Crippen molar-refractivity contribution in [1.82, 2.24) is 4.90 Å². The number of carbonyl (C=O) groups is 1. The molecule has 1 saturated heterocycles. The number of hydrogen-bond acceptors (Lipinski definition) is 3. The lowest BCUT2D eigenvalue weighted by molar-refractivity contribution is -0.121. The second-order valence-electron chi connectivity index (χ2n) is 6.41. The smallest absolute Gasteiger partial charge is 0.238 e. The molecule has 2 aromatic rings. The van der Waals surface area contributed by atoms with Gasteiger partial charge in [0.05, 0.1) is 18.8 Å². The molecule has 0 unspecified atom stereocenters. The molecule has 1 fully saturated rings. The predicted octanol–water partition coefficient (Wildman–Crippen LogP) is 3.40. The average molecular weight is 324 g/mol. The van der Waals surface area contributed by atoms with Crippen LogP contribution < -0.4 is 5.32 Å². The van der Waals surface area contributed by atoms with Gasteiger partial charge in [-0.25, -0.2) is 0 Å². The Hall–Kier alpha value is -2.17. The molecule has 1 amide bonds. The van der Waals surface area contributed by atoms with Gasteiger partial charge in [0.1, 0.15) is 0 Å². The van der Waals surface area contributed by atoms with Crippen LogP contribution in [-0.2, 0) is 9.53 Å². The highest BCUT2D eigenvalue weighted by atomic mass is 16.5.